The van der Waals surface area contributed by atoms with E-state index in [0.29, 0.717) is 22.9 Å². The molecule has 138 valence electrons. The van der Waals surface area contributed by atoms with Crippen LogP contribution in [0.5, 0.6) is 0 Å². The van der Waals surface area contributed by atoms with Crippen molar-refractivity contribution in [2.75, 3.05) is 31.9 Å². The maximum absolute atomic E-state index is 12.5. The summed E-state index contributed by atoms with van der Waals surface area (Å²) in [6, 6.07) is 10.9. The fraction of sp³-hybridized carbons (Fsp3) is 0.526. The van der Waals surface area contributed by atoms with Gasteiger partial charge in [-0.25, -0.2) is 4.98 Å². The van der Waals surface area contributed by atoms with Gasteiger partial charge in [-0.3, -0.25) is 14.8 Å². The summed E-state index contributed by atoms with van der Waals surface area (Å²) in [6.45, 7) is 5.65. The lowest BCUT2D eigenvalue weighted by Crippen LogP contribution is -2.49. The Labute approximate surface area is 158 Å². The minimum absolute atomic E-state index is 0.180. The largest absolute Gasteiger partial charge is 0.339 e. The number of H-pyrrole nitrogens is 1. The lowest BCUT2D eigenvalue weighted by molar-refractivity contribution is -0.130. The monoisotopic (exact) mass is 371 g/mol. The van der Waals surface area contributed by atoms with E-state index in [1.165, 1.54) is 30.2 Å². The van der Waals surface area contributed by atoms with Crippen LogP contribution in [-0.2, 0) is 4.79 Å². The third kappa shape index (κ3) is 4.10. The maximum atomic E-state index is 12.5. The molecule has 1 saturated heterocycles. The summed E-state index contributed by atoms with van der Waals surface area (Å²) in [6.07, 6.45) is 2.40. The lowest BCUT2D eigenvalue weighted by atomic mass is 10.1. The first-order chi connectivity index (χ1) is 12.7. The van der Waals surface area contributed by atoms with Gasteiger partial charge in [0, 0.05) is 38.1 Å². The predicted octanol–water partition coefficient (Wildman–Crippen LogP) is 2.68. The molecular formula is C19H25N5OS. The van der Waals surface area contributed by atoms with Crippen LogP contribution in [0.25, 0.3) is 0 Å². The van der Waals surface area contributed by atoms with Crippen molar-refractivity contribution >= 4 is 17.7 Å². The van der Waals surface area contributed by atoms with Gasteiger partial charge in [0.05, 0.1) is 5.75 Å². The highest BCUT2D eigenvalue weighted by atomic mass is 32.2. The van der Waals surface area contributed by atoms with Gasteiger partial charge in [0.15, 0.2) is 0 Å². The molecule has 6 nitrogen and oxygen atoms in total. The first-order valence-corrected chi connectivity index (χ1v) is 10.3. The van der Waals surface area contributed by atoms with Crippen LogP contribution in [0.2, 0.25) is 0 Å². The molecule has 1 unspecified atom stereocenters. The number of benzene rings is 1. The second-order valence-electron chi connectivity index (χ2n) is 7.07. The molecule has 0 spiro atoms. The van der Waals surface area contributed by atoms with Crippen LogP contribution in [0.4, 0.5) is 0 Å². The number of carbonyl (C=O) groups is 1. The number of hydrogen-bond donors (Lipinski definition) is 1. The van der Waals surface area contributed by atoms with Crippen molar-refractivity contribution in [2.24, 2.45) is 0 Å². The third-order valence-electron chi connectivity index (χ3n) is 5.27. The molecule has 1 aliphatic carbocycles. The Morgan fingerprint density at radius 1 is 1.23 bits per heavy atom. The zero-order valence-electron chi connectivity index (χ0n) is 15.1. The molecule has 4 rings (SSSR count). The van der Waals surface area contributed by atoms with Crippen molar-refractivity contribution in [3.8, 4) is 0 Å². The van der Waals surface area contributed by atoms with E-state index in [4.69, 9.17) is 0 Å². The molecule has 1 aliphatic heterocycles. The Morgan fingerprint density at radius 3 is 2.65 bits per heavy atom. The summed E-state index contributed by atoms with van der Waals surface area (Å²) in [5.41, 5.74) is 1.33. The van der Waals surface area contributed by atoms with Crippen molar-refractivity contribution in [3.05, 3.63) is 41.7 Å². The van der Waals surface area contributed by atoms with Crippen molar-refractivity contribution < 1.29 is 4.79 Å². The van der Waals surface area contributed by atoms with E-state index in [-0.39, 0.29) is 5.91 Å². The standard InChI is InChI=1S/C19H25N5OS/c1-14(15-5-3-2-4-6-15)23-9-11-24(12-10-23)17(25)13-26-19-20-18(21-22-19)16-7-8-16/h2-6,14,16H,7-13H2,1H3,(H,20,21,22). The molecule has 1 N–H and O–H groups in total. The fourth-order valence-electron chi connectivity index (χ4n) is 3.38. The number of hydrogen-bond acceptors (Lipinski definition) is 5. The molecule has 2 fully saturated rings. The van der Waals surface area contributed by atoms with Gasteiger partial charge < -0.3 is 4.90 Å². The van der Waals surface area contributed by atoms with E-state index in [1.807, 2.05) is 11.0 Å². The summed E-state index contributed by atoms with van der Waals surface area (Å²) in [5.74, 6) is 2.13. The number of rotatable bonds is 6. The highest BCUT2D eigenvalue weighted by Gasteiger charge is 2.28. The summed E-state index contributed by atoms with van der Waals surface area (Å²) in [5, 5.41) is 7.89. The van der Waals surface area contributed by atoms with Gasteiger partial charge in [-0.05, 0) is 25.3 Å². The Morgan fingerprint density at radius 2 is 1.96 bits per heavy atom. The predicted molar refractivity (Wildman–Crippen MR) is 102 cm³/mol. The Hall–Kier alpha value is -1.86. The molecule has 1 aromatic heterocycles. The van der Waals surface area contributed by atoms with E-state index < -0.39 is 0 Å². The van der Waals surface area contributed by atoms with Crippen LogP contribution in [-0.4, -0.2) is 62.8 Å². The minimum atomic E-state index is 0.180. The molecular weight excluding hydrogens is 346 g/mol. The van der Waals surface area contributed by atoms with Gasteiger partial charge in [-0.2, -0.15) is 0 Å². The van der Waals surface area contributed by atoms with Crippen LogP contribution in [0.1, 0.15) is 43.1 Å². The molecule has 2 aromatic rings. The quantitative estimate of drug-likeness (QED) is 0.791. The molecule has 0 bridgehead atoms. The Bertz CT molecular complexity index is 737. The van der Waals surface area contributed by atoms with Crippen LogP contribution in [0, 0.1) is 0 Å². The van der Waals surface area contributed by atoms with Crippen LogP contribution in [0.15, 0.2) is 35.5 Å². The zero-order valence-corrected chi connectivity index (χ0v) is 15.9. The van der Waals surface area contributed by atoms with E-state index in [0.717, 1.165) is 32.0 Å². The molecule has 1 amide bonds. The average Bonchev–Trinajstić information content (AvgIpc) is 3.44. The number of aromatic amines is 1. The second kappa shape index (κ2) is 7.80. The first-order valence-electron chi connectivity index (χ1n) is 9.32. The number of piperazine rings is 1. The maximum Gasteiger partial charge on any atom is 0.233 e. The van der Waals surface area contributed by atoms with Gasteiger partial charge >= 0.3 is 0 Å². The van der Waals surface area contributed by atoms with Crippen molar-refractivity contribution in [2.45, 2.75) is 36.9 Å². The van der Waals surface area contributed by atoms with Gasteiger partial charge in [-0.15, -0.1) is 5.10 Å². The molecule has 0 radical (unpaired) electrons. The Kier molecular flexibility index (Phi) is 5.26. The molecule has 7 heteroatoms. The third-order valence-corrected chi connectivity index (χ3v) is 6.10. The normalized spacial score (nSPS) is 19.5. The van der Waals surface area contributed by atoms with Crippen molar-refractivity contribution in [1.82, 2.24) is 25.0 Å². The number of thioether (sulfide) groups is 1. The van der Waals surface area contributed by atoms with Crippen LogP contribution in [0.3, 0.4) is 0 Å². The van der Waals surface area contributed by atoms with E-state index >= 15 is 0 Å². The fourth-order valence-corrected chi connectivity index (χ4v) is 4.09. The minimum Gasteiger partial charge on any atom is -0.339 e. The van der Waals surface area contributed by atoms with Gasteiger partial charge in [0.1, 0.15) is 5.82 Å². The summed E-state index contributed by atoms with van der Waals surface area (Å²) in [4.78, 5) is 21.4. The lowest BCUT2D eigenvalue weighted by Gasteiger charge is -2.38. The summed E-state index contributed by atoms with van der Waals surface area (Å²) < 4.78 is 0. The molecule has 2 heterocycles. The Balaban J connectivity index is 1.24. The second-order valence-corrected chi connectivity index (χ2v) is 8.01. The molecule has 1 saturated carbocycles. The number of amides is 1. The highest BCUT2D eigenvalue weighted by Crippen LogP contribution is 2.38. The van der Waals surface area contributed by atoms with Crippen molar-refractivity contribution in [1.29, 1.82) is 0 Å². The summed E-state index contributed by atoms with van der Waals surface area (Å²) in [7, 11) is 0. The number of nitrogens with zero attached hydrogens (tertiary/aromatic N) is 4. The molecule has 26 heavy (non-hydrogen) atoms. The van der Waals surface area contributed by atoms with Crippen LogP contribution >= 0.6 is 11.8 Å². The zero-order chi connectivity index (χ0) is 17.9. The number of aromatic nitrogens is 3. The molecule has 2 aliphatic rings. The topological polar surface area (TPSA) is 65.1 Å². The van der Waals surface area contributed by atoms with E-state index in [9.17, 15) is 4.79 Å². The van der Waals surface area contributed by atoms with Gasteiger partial charge in [0.25, 0.3) is 0 Å². The van der Waals surface area contributed by atoms with Gasteiger partial charge in [-0.1, -0.05) is 42.1 Å². The average molecular weight is 372 g/mol. The number of carbonyl (C=O) groups excluding carboxylic acids is 1. The van der Waals surface area contributed by atoms with Gasteiger partial charge in [0.2, 0.25) is 11.1 Å². The summed E-state index contributed by atoms with van der Waals surface area (Å²) >= 11 is 1.43. The molecule has 1 atom stereocenters. The SMILES string of the molecule is CC(c1ccccc1)N1CCN(C(=O)CSc2n[nH]c(C3CC3)n2)CC1. The smallest absolute Gasteiger partial charge is 0.233 e. The van der Waals surface area contributed by atoms with E-state index in [2.05, 4.69) is 51.3 Å². The number of nitrogens with one attached hydrogen (secondary N) is 1. The van der Waals surface area contributed by atoms with Crippen LogP contribution < -0.4 is 0 Å². The molecule has 1 aromatic carbocycles. The van der Waals surface area contributed by atoms with Crippen molar-refractivity contribution in [3.63, 3.8) is 0 Å². The highest BCUT2D eigenvalue weighted by molar-refractivity contribution is 7.99. The van der Waals surface area contributed by atoms with E-state index in [1.54, 1.807) is 0 Å². The first kappa shape index (κ1) is 17.5.